The molecule has 1 aromatic carbocycles. The predicted molar refractivity (Wildman–Crippen MR) is 66.8 cm³/mol. The summed E-state index contributed by atoms with van der Waals surface area (Å²) in [6.07, 6.45) is 0.486. The van der Waals surface area contributed by atoms with E-state index in [1.165, 1.54) is 12.1 Å². The molecule has 0 spiro atoms. The van der Waals surface area contributed by atoms with Crippen molar-refractivity contribution in [2.24, 2.45) is 5.73 Å². The number of halogens is 3. The molecule has 0 aliphatic heterocycles. The van der Waals surface area contributed by atoms with Gasteiger partial charge in [0.1, 0.15) is 0 Å². The standard InChI is InChI=1S/C10H9Cl2FN4O/c11-6-3-5(4-7(12)9(6)13)15-10-17-16-8(18-10)1-2-14/h3-4H,1-2,14H2,(H,15,17). The van der Waals surface area contributed by atoms with Gasteiger partial charge in [-0.15, -0.1) is 5.10 Å². The third-order valence-corrected chi connectivity index (χ3v) is 2.61. The Morgan fingerprint density at radius 1 is 1.28 bits per heavy atom. The molecule has 0 unspecified atom stereocenters. The van der Waals surface area contributed by atoms with Gasteiger partial charge in [0, 0.05) is 18.7 Å². The van der Waals surface area contributed by atoms with Crippen molar-refractivity contribution in [3.05, 3.63) is 33.9 Å². The van der Waals surface area contributed by atoms with E-state index in [1.54, 1.807) is 0 Å². The minimum absolute atomic E-state index is 0.0910. The monoisotopic (exact) mass is 290 g/mol. The van der Waals surface area contributed by atoms with Gasteiger partial charge in [0.15, 0.2) is 5.82 Å². The number of nitrogens with two attached hydrogens (primary N) is 1. The SMILES string of the molecule is NCCc1nnc(Nc2cc(Cl)c(F)c(Cl)c2)o1. The van der Waals surface area contributed by atoms with E-state index in [1.807, 2.05) is 0 Å². The van der Waals surface area contributed by atoms with Crippen molar-refractivity contribution in [3.8, 4) is 0 Å². The Morgan fingerprint density at radius 2 is 1.94 bits per heavy atom. The second kappa shape index (κ2) is 5.51. The maximum absolute atomic E-state index is 13.2. The molecular formula is C10H9Cl2FN4O. The third kappa shape index (κ3) is 2.90. The number of nitrogens with zero attached hydrogens (tertiary/aromatic N) is 2. The molecular weight excluding hydrogens is 282 g/mol. The van der Waals surface area contributed by atoms with Crippen LogP contribution in [0.3, 0.4) is 0 Å². The minimum Gasteiger partial charge on any atom is -0.408 e. The topological polar surface area (TPSA) is 77.0 Å². The fourth-order valence-electron chi connectivity index (χ4n) is 1.28. The smallest absolute Gasteiger partial charge is 0.320 e. The van der Waals surface area contributed by atoms with Gasteiger partial charge in [-0.1, -0.05) is 28.3 Å². The van der Waals surface area contributed by atoms with Gasteiger partial charge in [0.2, 0.25) is 5.89 Å². The molecule has 0 aliphatic rings. The lowest BCUT2D eigenvalue weighted by Crippen LogP contribution is -2.02. The Kier molecular flexibility index (Phi) is 4.00. The Labute approximate surface area is 112 Å². The van der Waals surface area contributed by atoms with Crippen LogP contribution in [-0.2, 0) is 6.42 Å². The van der Waals surface area contributed by atoms with Crippen molar-refractivity contribution in [1.82, 2.24) is 10.2 Å². The summed E-state index contributed by atoms with van der Waals surface area (Å²) < 4.78 is 18.4. The van der Waals surface area contributed by atoms with E-state index in [0.29, 0.717) is 24.5 Å². The van der Waals surface area contributed by atoms with Crippen LogP contribution in [0.4, 0.5) is 16.1 Å². The van der Waals surface area contributed by atoms with Gasteiger partial charge in [0.05, 0.1) is 10.0 Å². The summed E-state index contributed by atoms with van der Waals surface area (Å²) in [5.41, 5.74) is 5.81. The Morgan fingerprint density at radius 3 is 2.56 bits per heavy atom. The second-order valence-corrected chi connectivity index (χ2v) is 4.23. The summed E-state index contributed by atoms with van der Waals surface area (Å²) in [5.74, 6) is -0.252. The van der Waals surface area contributed by atoms with Gasteiger partial charge in [-0.3, -0.25) is 0 Å². The van der Waals surface area contributed by atoms with Crippen LogP contribution in [-0.4, -0.2) is 16.7 Å². The average molecular weight is 291 g/mol. The summed E-state index contributed by atoms with van der Waals surface area (Å²) in [7, 11) is 0. The molecule has 18 heavy (non-hydrogen) atoms. The van der Waals surface area contributed by atoms with Gasteiger partial charge in [-0.2, -0.15) is 0 Å². The number of rotatable bonds is 4. The zero-order valence-corrected chi connectivity index (χ0v) is 10.6. The van der Waals surface area contributed by atoms with Crippen molar-refractivity contribution >= 4 is 34.9 Å². The molecule has 0 fully saturated rings. The first kappa shape index (κ1) is 13.1. The highest BCUT2D eigenvalue weighted by Gasteiger charge is 2.10. The van der Waals surface area contributed by atoms with E-state index in [4.69, 9.17) is 33.4 Å². The summed E-state index contributed by atoms with van der Waals surface area (Å²) in [5, 5.41) is 10.1. The Balaban J connectivity index is 2.17. The van der Waals surface area contributed by atoms with Crippen molar-refractivity contribution in [1.29, 1.82) is 0 Å². The molecule has 2 aromatic rings. The highest BCUT2D eigenvalue weighted by Crippen LogP contribution is 2.28. The normalized spacial score (nSPS) is 10.7. The van der Waals surface area contributed by atoms with Crippen LogP contribution in [0.2, 0.25) is 10.0 Å². The first-order chi connectivity index (χ1) is 8.60. The van der Waals surface area contributed by atoms with Crippen molar-refractivity contribution in [2.45, 2.75) is 6.42 Å². The lowest BCUT2D eigenvalue weighted by Gasteiger charge is -2.04. The van der Waals surface area contributed by atoms with Crippen molar-refractivity contribution < 1.29 is 8.81 Å². The second-order valence-electron chi connectivity index (χ2n) is 3.42. The third-order valence-electron chi connectivity index (χ3n) is 2.06. The van der Waals surface area contributed by atoms with Crippen molar-refractivity contribution in [2.75, 3.05) is 11.9 Å². The van der Waals surface area contributed by atoms with Crippen LogP contribution in [0.25, 0.3) is 0 Å². The molecule has 0 saturated heterocycles. The fourth-order valence-corrected chi connectivity index (χ4v) is 1.77. The quantitative estimate of drug-likeness (QED) is 0.847. The molecule has 1 aromatic heterocycles. The van der Waals surface area contributed by atoms with Gasteiger partial charge >= 0.3 is 6.01 Å². The Bertz CT molecular complexity index is 538. The molecule has 5 nitrogen and oxygen atoms in total. The first-order valence-electron chi connectivity index (χ1n) is 5.04. The molecule has 2 rings (SSSR count). The minimum atomic E-state index is -0.668. The Hall–Kier alpha value is -1.37. The molecule has 0 radical (unpaired) electrons. The molecule has 3 N–H and O–H groups in total. The van der Waals surface area contributed by atoms with Crippen LogP contribution in [0, 0.1) is 5.82 Å². The predicted octanol–water partition coefficient (Wildman–Crippen LogP) is 2.76. The molecule has 0 amide bonds. The number of benzene rings is 1. The molecule has 0 bridgehead atoms. The molecule has 0 atom stereocenters. The average Bonchev–Trinajstić information content (AvgIpc) is 2.74. The van der Waals surface area contributed by atoms with E-state index >= 15 is 0 Å². The van der Waals surface area contributed by atoms with Crippen LogP contribution in [0.1, 0.15) is 5.89 Å². The number of aromatic nitrogens is 2. The van der Waals surface area contributed by atoms with Crippen molar-refractivity contribution in [3.63, 3.8) is 0 Å². The number of hydrogen-bond donors (Lipinski definition) is 2. The zero-order chi connectivity index (χ0) is 13.1. The van der Waals surface area contributed by atoms with E-state index in [9.17, 15) is 4.39 Å². The van der Waals surface area contributed by atoms with Crippen LogP contribution < -0.4 is 11.1 Å². The molecule has 8 heteroatoms. The van der Waals surface area contributed by atoms with Crippen LogP contribution >= 0.6 is 23.2 Å². The van der Waals surface area contributed by atoms with E-state index in [0.717, 1.165) is 0 Å². The van der Waals surface area contributed by atoms with E-state index in [-0.39, 0.29) is 16.1 Å². The maximum atomic E-state index is 13.2. The number of anilines is 2. The first-order valence-corrected chi connectivity index (χ1v) is 5.79. The summed E-state index contributed by atoms with van der Waals surface area (Å²) in [6, 6.07) is 2.91. The molecule has 96 valence electrons. The maximum Gasteiger partial charge on any atom is 0.320 e. The van der Waals surface area contributed by atoms with Gasteiger partial charge in [-0.25, -0.2) is 4.39 Å². The molecule has 0 saturated carbocycles. The lowest BCUT2D eigenvalue weighted by atomic mass is 10.3. The molecule has 0 aliphatic carbocycles. The highest BCUT2D eigenvalue weighted by atomic mass is 35.5. The van der Waals surface area contributed by atoms with Gasteiger partial charge < -0.3 is 15.5 Å². The number of nitrogens with one attached hydrogen (secondary N) is 1. The number of hydrogen-bond acceptors (Lipinski definition) is 5. The van der Waals surface area contributed by atoms with Gasteiger partial charge in [0.25, 0.3) is 0 Å². The highest BCUT2D eigenvalue weighted by molar-refractivity contribution is 6.35. The summed E-state index contributed by atoms with van der Waals surface area (Å²) >= 11 is 11.3. The summed E-state index contributed by atoms with van der Waals surface area (Å²) in [6.45, 7) is 0.413. The largest absolute Gasteiger partial charge is 0.408 e. The molecule has 1 heterocycles. The summed E-state index contributed by atoms with van der Waals surface area (Å²) in [4.78, 5) is 0. The lowest BCUT2D eigenvalue weighted by molar-refractivity contribution is 0.510. The zero-order valence-electron chi connectivity index (χ0n) is 9.08. The van der Waals surface area contributed by atoms with Crippen LogP contribution in [0.15, 0.2) is 16.5 Å². The van der Waals surface area contributed by atoms with Crippen LogP contribution in [0.5, 0.6) is 0 Å². The van der Waals surface area contributed by atoms with E-state index in [2.05, 4.69) is 15.5 Å². The van der Waals surface area contributed by atoms with Gasteiger partial charge in [-0.05, 0) is 12.1 Å². The fraction of sp³-hybridized carbons (Fsp3) is 0.200. The van der Waals surface area contributed by atoms with E-state index < -0.39 is 5.82 Å².